The van der Waals surface area contributed by atoms with Crippen molar-refractivity contribution in [2.75, 3.05) is 19.1 Å². The minimum Gasteiger partial charge on any atom is -0.465 e. The number of allylic oxidation sites excluding steroid dienone is 2. The van der Waals surface area contributed by atoms with Crippen LogP contribution in [0.5, 0.6) is 0 Å². The predicted molar refractivity (Wildman–Crippen MR) is 99.8 cm³/mol. The van der Waals surface area contributed by atoms with Crippen LogP contribution in [0.1, 0.15) is 5.56 Å². The third kappa shape index (κ3) is 4.88. The topological polar surface area (TPSA) is 79.6 Å². The molecule has 12 heteroatoms. The number of anilines is 1. The Hall–Kier alpha value is -3.33. The van der Waals surface area contributed by atoms with Crippen molar-refractivity contribution >= 4 is 29.4 Å². The smallest absolute Gasteiger partial charge is 0.464 e. The summed E-state index contributed by atoms with van der Waals surface area (Å²) in [5, 5.41) is 4.35. The van der Waals surface area contributed by atoms with Crippen molar-refractivity contribution in [3.8, 4) is 6.07 Å². The largest absolute Gasteiger partial charge is 0.465 e. The van der Waals surface area contributed by atoms with E-state index in [9.17, 15) is 36.8 Å². The van der Waals surface area contributed by atoms with Gasteiger partial charge in [0, 0.05) is 11.1 Å². The average molecular weight is 460 g/mol. The number of carbonyl (C=O) groups is 2. The summed E-state index contributed by atoms with van der Waals surface area (Å²) in [6.45, 7) is 0. The molecule has 0 N–H and O–H groups in total. The summed E-state index contributed by atoms with van der Waals surface area (Å²) in [7, 11) is 2.07. The first-order chi connectivity index (χ1) is 14.5. The quantitative estimate of drug-likeness (QED) is 0.368. The molecule has 1 aromatic carbocycles. The number of nitrogens with zero attached hydrogens (tertiary/aromatic N) is 2. The van der Waals surface area contributed by atoms with E-state index in [2.05, 4.69) is 9.47 Å². The predicted octanol–water partition coefficient (Wildman–Crippen LogP) is 4.30. The highest BCUT2D eigenvalue weighted by Crippen LogP contribution is 2.49. The Morgan fingerprint density at radius 2 is 1.71 bits per heavy atom. The van der Waals surface area contributed by atoms with Gasteiger partial charge in [-0.25, -0.2) is 9.59 Å². The highest BCUT2D eigenvalue weighted by Gasteiger charge is 2.58. The number of alkyl halides is 5. The van der Waals surface area contributed by atoms with Gasteiger partial charge in [0.1, 0.15) is 11.8 Å². The van der Waals surface area contributed by atoms with Crippen LogP contribution in [0, 0.1) is 11.3 Å². The molecular weight excluding hydrogens is 447 g/mol. The Kier molecular flexibility index (Phi) is 7.12. The molecule has 0 aliphatic carbocycles. The fourth-order valence-corrected chi connectivity index (χ4v) is 3.26. The van der Waals surface area contributed by atoms with Crippen molar-refractivity contribution in [1.29, 1.82) is 5.26 Å². The summed E-state index contributed by atoms with van der Waals surface area (Å²) >= 11 is -0.857. The van der Waals surface area contributed by atoms with Gasteiger partial charge < -0.3 is 14.4 Å². The molecule has 0 saturated carbocycles. The summed E-state index contributed by atoms with van der Waals surface area (Å²) < 4.78 is 74.5. The van der Waals surface area contributed by atoms with Crippen molar-refractivity contribution in [1.82, 2.24) is 0 Å². The second kappa shape index (κ2) is 9.22. The lowest BCUT2D eigenvalue weighted by Crippen LogP contribution is -2.32. The zero-order valence-corrected chi connectivity index (χ0v) is 16.7. The summed E-state index contributed by atoms with van der Waals surface area (Å²) in [4.78, 5) is 24.9. The number of thioether (sulfide) groups is 1. The average Bonchev–Trinajstić information content (AvgIpc) is 2.94. The molecule has 31 heavy (non-hydrogen) atoms. The molecule has 0 bridgehead atoms. The van der Waals surface area contributed by atoms with Gasteiger partial charge in [0.05, 0.1) is 31.0 Å². The number of rotatable bonds is 5. The second-order valence-corrected chi connectivity index (χ2v) is 6.85. The number of benzene rings is 1. The molecule has 0 atom stereocenters. The van der Waals surface area contributed by atoms with Crippen LogP contribution in [-0.4, -0.2) is 37.6 Å². The lowest BCUT2D eigenvalue weighted by molar-refractivity contribution is -0.237. The molecule has 0 spiro atoms. The fourth-order valence-electron chi connectivity index (χ4n) is 2.46. The summed E-state index contributed by atoms with van der Waals surface area (Å²) in [6.07, 6.45) is -0.716. The molecule has 0 aromatic heterocycles. The molecule has 2 rings (SSSR count). The molecular formula is C19H13F5N2O4S. The zero-order chi connectivity index (χ0) is 23.4. The maximum atomic E-state index is 13.6. The van der Waals surface area contributed by atoms with Gasteiger partial charge in [0.15, 0.2) is 0 Å². The van der Waals surface area contributed by atoms with Crippen LogP contribution in [0.3, 0.4) is 0 Å². The van der Waals surface area contributed by atoms with Gasteiger partial charge in [0.2, 0.25) is 0 Å². The van der Waals surface area contributed by atoms with Gasteiger partial charge in [-0.05, 0) is 36.0 Å². The third-order valence-corrected chi connectivity index (χ3v) is 4.88. The van der Waals surface area contributed by atoms with Gasteiger partial charge in [-0.3, -0.25) is 0 Å². The molecule has 0 radical (unpaired) electrons. The summed E-state index contributed by atoms with van der Waals surface area (Å²) in [5.41, 5.74) is -1.52. The molecule has 0 unspecified atom stereocenters. The third-order valence-electron chi connectivity index (χ3n) is 3.83. The Labute approximate surface area is 177 Å². The highest BCUT2D eigenvalue weighted by molar-refractivity contribution is 8.00. The van der Waals surface area contributed by atoms with E-state index in [-0.39, 0.29) is 11.3 Å². The van der Waals surface area contributed by atoms with E-state index in [0.717, 1.165) is 31.3 Å². The molecule has 0 fully saturated rings. The molecule has 0 amide bonds. The lowest BCUT2D eigenvalue weighted by Gasteiger charge is -2.25. The van der Waals surface area contributed by atoms with E-state index >= 15 is 0 Å². The number of carbonyl (C=O) groups excluding carboxylic acids is 2. The zero-order valence-electron chi connectivity index (χ0n) is 15.9. The number of esters is 2. The molecule has 1 heterocycles. The Morgan fingerprint density at radius 1 is 1.06 bits per heavy atom. The first-order valence-electron chi connectivity index (χ1n) is 8.20. The van der Waals surface area contributed by atoms with E-state index in [1.807, 2.05) is 0 Å². The van der Waals surface area contributed by atoms with E-state index in [0.29, 0.717) is 0 Å². The molecule has 1 aliphatic rings. The second-order valence-electron chi connectivity index (χ2n) is 5.69. The van der Waals surface area contributed by atoms with Crippen LogP contribution in [-0.2, 0) is 19.1 Å². The standard InChI is InChI=1S/C19H13F5N2O4S/c1-29-16(27)11-6-3-4-9-26(15(11)17(28)30-2)13-7-5-8-14(12(13)10-25)31-19(23,24)18(20,21)22/h3-9H,1-2H3. The first kappa shape index (κ1) is 23.9. The lowest BCUT2D eigenvalue weighted by atomic mass is 10.1. The van der Waals surface area contributed by atoms with Crippen molar-refractivity contribution in [3.63, 3.8) is 0 Å². The SMILES string of the molecule is COC(=O)C1=C(C(=O)OC)N(c2cccc(SC(F)(F)C(F)(F)F)c2C#N)C=CC=C1. The molecule has 1 aromatic rings. The minimum atomic E-state index is -5.86. The monoisotopic (exact) mass is 460 g/mol. The molecule has 164 valence electrons. The number of halogens is 5. The van der Waals surface area contributed by atoms with Crippen LogP contribution in [0.2, 0.25) is 0 Å². The van der Waals surface area contributed by atoms with Crippen molar-refractivity contribution < 1.29 is 41.0 Å². The van der Waals surface area contributed by atoms with Crippen LogP contribution in [0.15, 0.2) is 58.8 Å². The van der Waals surface area contributed by atoms with Crippen molar-refractivity contribution in [2.24, 2.45) is 0 Å². The fraction of sp³-hybridized carbons (Fsp3) is 0.211. The van der Waals surface area contributed by atoms with E-state index in [1.54, 1.807) is 6.07 Å². The Morgan fingerprint density at radius 3 is 2.26 bits per heavy atom. The van der Waals surface area contributed by atoms with Gasteiger partial charge in [0.25, 0.3) is 0 Å². The van der Waals surface area contributed by atoms with E-state index in [1.165, 1.54) is 30.5 Å². The number of methoxy groups -OCH3 is 2. The highest BCUT2D eigenvalue weighted by atomic mass is 32.2. The van der Waals surface area contributed by atoms with Crippen LogP contribution in [0.4, 0.5) is 27.6 Å². The summed E-state index contributed by atoms with van der Waals surface area (Å²) in [5.74, 6) is -1.99. The normalized spacial score (nSPS) is 14.2. The van der Waals surface area contributed by atoms with Crippen LogP contribution < -0.4 is 4.90 Å². The Bertz CT molecular complexity index is 1030. The Balaban J connectivity index is 2.72. The number of hydrogen-bond donors (Lipinski definition) is 0. The van der Waals surface area contributed by atoms with E-state index in [4.69, 9.17) is 0 Å². The van der Waals surface area contributed by atoms with Gasteiger partial charge in [-0.15, -0.1) is 0 Å². The minimum absolute atomic E-state index is 0.229. The summed E-state index contributed by atoms with van der Waals surface area (Å²) in [6, 6.07) is 4.83. The first-order valence-corrected chi connectivity index (χ1v) is 9.01. The number of hydrogen-bond acceptors (Lipinski definition) is 7. The van der Waals surface area contributed by atoms with Crippen molar-refractivity contribution in [2.45, 2.75) is 16.3 Å². The van der Waals surface area contributed by atoms with E-state index < -0.39 is 51.3 Å². The van der Waals surface area contributed by atoms with Crippen LogP contribution >= 0.6 is 11.8 Å². The molecule has 6 nitrogen and oxygen atoms in total. The maximum Gasteiger partial charge on any atom is 0.464 e. The van der Waals surface area contributed by atoms with Crippen molar-refractivity contribution in [3.05, 3.63) is 59.5 Å². The van der Waals surface area contributed by atoms with Gasteiger partial charge in [-0.1, -0.05) is 12.1 Å². The van der Waals surface area contributed by atoms with Gasteiger partial charge >= 0.3 is 23.4 Å². The molecule has 0 saturated heterocycles. The number of ether oxygens (including phenoxy) is 2. The van der Waals surface area contributed by atoms with Gasteiger partial charge in [-0.2, -0.15) is 27.2 Å². The van der Waals surface area contributed by atoms with Crippen LogP contribution in [0.25, 0.3) is 0 Å². The number of nitriles is 1. The molecule has 1 aliphatic heterocycles. The maximum absolute atomic E-state index is 13.6.